The van der Waals surface area contributed by atoms with Crippen LogP contribution in [0.3, 0.4) is 0 Å². The Balaban J connectivity index is 2.45. The van der Waals surface area contributed by atoms with Gasteiger partial charge in [0.1, 0.15) is 5.76 Å². The highest BCUT2D eigenvalue weighted by molar-refractivity contribution is 14.1. The summed E-state index contributed by atoms with van der Waals surface area (Å²) in [6, 6.07) is 3.14. The van der Waals surface area contributed by atoms with Crippen LogP contribution in [0.25, 0.3) is 6.08 Å². The molecular weight excluding hydrogens is 452 g/mol. The summed E-state index contributed by atoms with van der Waals surface area (Å²) in [5.74, 6) is -2.41. The van der Waals surface area contributed by atoms with E-state index in [9.17, 15) is 28.2 Å². The molecule has 1 aromatic carbocycles. The number of alkyl halides is 3. The number of ether oxygens (including phenoxy) is 1. The predicted octanol–water partition coefficient (Wildman–Crippen LogP) is 4.91. The average Bonchev–Trinajstić information content (AvgIpc) is 2.53. The highest BCUT2D eigenvalue weighted by Gasteiger charge is 2.42. The second-order valence-corrected chi connectivity index (χ2v) is 6.62. The Morgan fingerprint density at radius 2 is 2.00 bits per heavy atom. The van der Waals surface area contributed by atoms with Gasteiger partial charge < -0.3 is 14.9 Å². The first-order valence-corrected chi connectivity index (χ1v) is 8.63. The van der Waals surface area contributed by atoms with Crippen LogP contribution < -0.4 is 4.74 Å². The Bertz CT molecular complexity index is 751. The fourth-order valence-electron chi connectivity index (χ4n) is 2.56. The van der Waals surface area contributed by atoms with Gasteiger partial charge in [-0.15, -0.1) is 0 Å². The SMILES string of the molecule is CCOc1cc(/C=C2\CCCC(C(=O)C(F)(F)F)=C2O)cc(I)c1O. The van der Waals surface area contributed by atoms with Crippen LogP contribution in [0.15, 0.2) is 29.0 Å². The Kier molecular flexibility index (Phi) is 6.02. The van der Waals surface area contributed by atoms with Crippen LogP contribution in [-0.4, -0.2) is 28.8 Å². The zero-order valence-electron chi connectivity index (χ0n) is 13.3. The van der Waals surface area contributed by atoms with E-state index in [-0.39, 0.29) is 23.5 Å². The quantitative estimate of drug-likeness (QED) is 0.617. The number of halogens is 4. The molecule has 0 aromatic heterocycles. The molecule has 0 amide bonds. The molecule has 2 rings (SSSR count). The number of hydrogen-bond donors (Lipinski definition) is 2. The predicted molar refractivity (Wildman–Crippen MR) is 94.5 cm³/mol. The molecule has 2 N–H and O–H groups in total. The number of phenols is 1. The summed E-state index contributed by atoms with van der Waals surface area (Å²) in [6.07, 6.45) is -2.94. The lowest BCUT2D eigenvalue weighted by Gasteiger charge is -2.19. The molecule has 0 fully saturated rings. The fourth-order valence-corrected chi connectivity index (χ4v) is 3.19. The zero-order chi connectivity index (χ0) is 18.8. The molecule has 25 heavy (non-hydrogen) atoms. The van der Waals surface area contributed by atoms with E-state index in [0.717, 1.165) is 0 Å². The van der Waals surface area contributed by atoms with E-state index in [2.05, 4.69) is 0 Å². The van der Waals surface area contributed by atoms with Gasteiger partial charge in [0.2, 0.25) is 0 Å². The lowest BCUT2D eigenvalue weighted by molar-refractivity contribution is -0.167. The summed E-state index contributed by atoms with van der Waals surface area (Å²) in [5, 5.41) is 20.1. The molecule has 1 aliphatic carbocycles. The highest BCUT2D eigenvalue weighted by Crippen LogP contribution is 2.37. The first-order chi connectivity index (χ1) is 11.6. The summed E-state index contributed by atoms with van der Waals surface area (Å²) >= 11 is 1.90. The molecule has 0 spiro atoms. The second kappa shape index (κ2) is 7.67. The van der Waals surface area contributed by atoms with Gasteiger partial charge in [0, 0.05) is 5.57 Å². The number of rotatable bonds is 4. The van der Waals surface area contributed by atoms with Crippen molar-refractivity contribution in [3.05, 3.63) is 38.2 Å². The van der Waals surface area contributed by atoms with Crippen LogP contribution >= 0.6 is 22.6 Å². The smallest absolute Gasteiger partial charge is 0.454 e. The number of hydrogen-bond acceptors (Lipinski definition) is 4. The van der Waals surface area contributed by atoms with Crippen molar-refractivity contribution >= 4 is 34.5 Å². The molecule has 0 atom stereocenters. The topological polar surface area (TPSA) is 66.8 Å². The van der Waals surface area contributed by atoms with Crippen LogP contribution in [-0.2, 0) is 4.79 Å². The van der Waals surface area contributed by atoms with Gasteiger partial charge in [-0.1, -0.05) is 0 Å². The lowest BCUT2D eigenvalue weighted by atomic mass is 9.89. The highest BCUT2D eigenvalue weighted by atomic mass is 127. The Morgan fingerprint density at radius 1 is 1.32 bits per heavy atom. The third-order valence-electron chi connectivity index (χ3n) is 3.69. The maximum Gasteiger partial charge on any atom is 0.454 e. The minimum Gasteiger partial charge on any atom is -0.507 e. The minimum absolute atomic E-state index is 0.0269. The number of ketones is 1. The zero-order valence-corrected chi connectivity index (χ0v) is 15.4. The number of phenolic OH excluding ortho intramolecular Hbond substituents is 1. The molecule has 0 bridgehead atoms. The van der Waals surface area contributed by atoms with Crippen molar-refractivity contribution in [2.75, 3.05) is 6.61 Å². The molecule has 1 aliphatic rings. The molecule has 1 aromatic rings. The van der Waals surface area contributed by atoms with E-state index in [0.29, 0.717) is 28.6 Å². The Hall–Kier alpha value is -1.71. The number of aromatic hydroxyl groups is 1. The number of benzene rings is 1. The van der Waals surface area contributed by atoms with Crippen molar-refractivity contribution in [2.24, 2.45) is 0 Å². The standard InChI is InChI=1S/C17H16F3IO4/c1-2-25-13-8-9(7-12(21)15(13)23)6-10-4-3-5-11(14(10)22)16(24)17(18,19)20/h6-8,22-23H,2-5H2,1H3/b10-6+. The molecule has 4 nitrogen and oxygen atoms in total. The average molecular weight is 468 g/mol. The summed E-state index contributed by atoms with van der Waals surface area (Å²) in [7, 11) is 0. The van der Waals surface area contributed by atoms with E-state index < -0.39 is 23.3 Å². The lowest BCUT2D eigenvalue weighted by Crippen LogP contribution is -2.27. The van der Waals surface area contributed by atoms with Gasteiger partial charge >= 0.3 is 6.18 Å². The van der Waals surface area contributed by atoms with Crippen LogP contribution in [0.4, 0.5) is 13.2 Å². The van der Waals surface area contributed by atoms with Crippen molar-refractivity contribution in [3.63, 3.8) is 0 Å². The Labute approximate surface area is 156 Å². The normalized spacial score (nSPS) is 17.1. The van der Waals surface area contributed by atoms with Crippen molar-refractivity contribution in [1.82, 2.24) is 0 Å². The van der Waals surface area contributed by atoms with Gasteiger partial charge in [0.15, 0.2) is 11.5 Å². The molecule has 0 aliphatic heterocycles. The van der Waals surface area contributed by atoms with E-state index in [1.54, 1.807) is 13.0 Å². The molecule has 136 valence electrons. The van der Waals surface area contributed by atoms with Crippen molar-refractivity contribution in [2.45, 2.75) is 32.4 Å². The van der Waals surface area contributed by atoms with Gasteiger partial charge in [0.05, 0.1) is 10.2 Å². The van der Waals surface area contributed by atoms with Crippen LogP contribution in [0.2, 0.25) is 0 Å². The van der Waals surface area contributed by atoms with Gasteiger partial charge in [-0.3, -0.25) is 4.79 Å². The number of aliphatic hydroxyl groups excluding tert-OH is 1. The van der Waals surface area contributed by atoms with E-state index in [1.165, 1.54) is 12.1 Å². The number of carbonyl (C=O) groups is 1. The molecular formula is C17H16F3IO4. The van der Waals surface area contributed by atoms with Crippen molar-refractivity contribution in [3.8, 4) is 11.5 Å². The largest absolute Gasteiger partial charge is 0.507 e. The van der Waals surface area contributed by atoms with Crippen LogP contribution in [0, 0.1) is 3.57 Å². The van der Waals surface area contributed by atoms with E-state index >= 15 is 0 Å². The molecule has 8 heteroatoms. The first kappa shape index (κ1) is 19.6. The monoisotopic (exact) mass is 468 g/mol. The Morgan fingerprint density at radius 3 is 2.60 bits per heavy atom. The number of carbonyl (C=O) groups excluding carboxylic acids is 1. The minimum atomic E-state index is -5.01. The molecule has 0 radical (unpaired) electrons. The molecule has 0 unspecified atom stereocenters. The second-order valence-electron chi connectivity index (χ2n) is 5.46. The van der Waals surface area contributed by atoms with Crippen molar-refractivity contribution in [1.29, 1.82) is 0 Å². The van der Waals surface area contributed by atoms with Gasteiger partial charge in [-0.05, 0) is 78.1 Å². The van der Waals surface area contributed by atoms with Crippen LogP contribution in [0.5, 0.6) is 11.5 Å². The molecule has 0 heterocycles. The summed E-state index contributed by atoms with van der Waals surface area (Å²) in [6.45, 7) is 2.08. The molecule has 0 saturated heterocycles. The summed E-state index contributed by atoms with van der Waals surface area (Å²) in [4.78, 5) is 11.4. The number of allylic oxidation sites excluding steroid dienone is 2. The van der Waals surface area contributed by atoms with Crippen LogP contribution in [0.1, 0.15) is 31.7 Å². The van der Waals surface area contributed by atoms with E-state index in [4.69, 9.17) is 4.74 Å². The third-order valence-corrected chi connectivity index (χ3v) is 4.51. The van der Waals surface area contributed by atoms with Gasteiger partial charge in [0.25, 0.3) is 5.78 Å². The maximum atomic E-state index is 12.6. The number of aliphatic hydroxyl groups is 1. The fraction of sp³-hybridized carbons (Fsp3) is 0.353. The third kappa shape index (κ3) is 4.47. The van der Waals surface area contributed by atoms with E-state index in [1.807, 2.05) is 22.6 Å². The molecule has 0 saturated carbocycles. The maximum absolute atomic E-state index is 12.6. The van der Waals surface area contributed by atoms with Gasteiger partial charge in [-0.25, -0.2) is 0 Å². The van der Waals surface area contributed by atoms with Crippen molar-refractivity contribution < 1.29 is 32.9 Å². The summed E-state index contributed by atoms with van der Waals surface area (Å²) in [5.41, 5.74) is 0.194. The van der Waals surface area contributed by atoms with Gasteiger partial charge in [-0.2, -0.15) is 13.2 Å². The first-order valence-electron chi connectivity index (χ1n) is 7.55. The summed E-state index contributed by atoms with van der Waals surface area (Å²) < 4.78 is 43.7. The number of Topliss-reactive ketones (excluding diaryl/α,β-unsaturated/α-hetero) is 1.